The SMILES string of the molecule is CNS(=O)(=O)c1ccc(CNC(C)CN2CCCCC2)o1. The van der Waals surface area contributed by atoms with Crippen LogP contribution in [0.3, 0.4) is 0 Å². The van der Waals surface area contributed by atoms with Crippen molar-refractivity contribution in [2.75, 3.05) is 26.7 Å². The summed E-state index contributed by atoms with van der Waals surface area (Å²) in [4.78, 5) is 2.47. The molecule has 120 valence electrons. The van der Waals surface area contributed by atoms with E-state index in [0.29, 0.717) is 18.3 Å². The lowest BCUT2D eigenvalue weighted by molar-refractivity contribution is 0.207. The number of furan rings is 1. The average molecular weight is 315 g/mol. The third-order valence-electron chi connectivity index (χ3n) is 3.78. The number of likely N-dealkylation sites (tertiary alicyclic amines) is 1. The number of hydrogen-bond acceptors (Lipinski definition) is 5. The van der Waals surface area contributed by atoms with Crippen molar-refractivity contribution in [1.29, 1.82) is 0 Å². The summed E-state index contributed by atoms with van der Waals surface area (Å²) in [6, 6.07) is 3.53. The fourth-order valence-corrected chi connectivity index (χ4v) is 3.23. The molecule has 6 nitrogen and oxygen atoms in total. The van der Waals surface area contributed by atoms with Gasteiger partial charge in [-0.05, 0) is 52.0 Å². The molecule has 1 unspecified atom stereocenters. The zero-order chi connectivity index (χ0) is 15.3. The predicted molar refractivity (Wildman–Crippen MR) is 81.5 cm³/mol. The fraction of sp³-hybridized carbons (Fsp3) is 0.714. The lowest BCUT2D eigenvalue weighted by Crippen LogP contribution is -2.41. The monoisotopic (exact) mass is 315 g/mol. The molecule has 0 aromatic carbocycles. The van der Waals surface area contributed by atoms with Crippen LogP contribution in [0.5, 0.6) is 0 Å². The highest BCUT2D eigenvalue weighted by Crippen LogP contribution is 2.13. The number of sulfonamides is 1. The molecule has 1 aliphatic rings. The molecular formula is C14H25N3O3S. The summed E-state index contributed by atoms with van der Waals surface area (Å²) in [5, 5.41) is 3.34. The summed E-state index contributed by atoms with van der Waals surface area (Å²) >= 11 is 0. The standard InChI is InChI=1S/C14H25N3O3S/c1-12(11-17-8-4-3-5-9-17)16-10-13-6-7-14(20-13)21(18,19)15-2/h6-7,12,15-16H,3-5,8-11H2,1-2H3. The van der Waals surface area contributed by atoms with Gasteiger partial charge >= 0.3 is 0 Å². The maximum atomic E-state index is 11.6. The van der Waals surface area contributed by atoms with E-state index in [1.165, 1.54) is 45.5 Å². The second-order valence-electron chi connectivity index (χ2n) is 5.57. The molecular weight excluding hydrogens is 290 g/mol. The minimum Gasteiger partial charge on any atom is -0.447 e. The van der Waals surface area contributed by atoms with Gasteiger partial charge in [0.1, 0.15) is 5.76 Å². The van der Waals surface area contributed by atoms with Crippen LogP contribution in [0.2, 0.25) is 0 Å². The van der Waals surface area contributed by atoms with Gasteiger partial charge in [-0.15, -0.1) is 0 Å². The lowest BCUT2D eigenvalue weighted by Gasteiger charge is -2.29. The number of rotatable bonds is 7. The normalized spacial score (nSPS) is 18.8. The topological polar surface area (TPSA) is 74.6 Å². The molecule has 1 saturated heterocycles. The van der Waals surface area contributed by atoms with Crippen molar-refractivity contribution in [3.05, 3.63) is 17.9 Å². The van der Waals surface area contributed by atoms with Gasteiger partial charge in [-0.2, -0.15) is 0 Å². The number of piperidine rings is 1. The van der Waals surface area contributed by atoms with E-state index in [1.807, 2.05) is 0 Å². The molecule has 1 aromatic rings. The van der Waals surface area contributed by atoms with E-state index in [4.69, 9.17) is 4.42 Å². The fourth-order valence-electron chi connectivity index (χ4n) is 2.57. The third-order valence-corrected chi connectivity index (χ3v) is 5.06. The van der Waals surface area contributed by atoms with E-state index >= 15 is 0 Å². The summed E-state index contributed by atoms with van der Waals surface area (Å²) in [5.74, 6) is 0.634. The maximum absolute atomic E-state index is 11.6. The lowest BCUT2D eigenvalue weighted by atomic mass is 10.1. The number of hydrogen-bond donors (Lipinski definition) is 2. The van der Waals surface area contributed by atoms with Crippen LogP contribution in [-0.4, -0.2) is 46.0 Å². The van der Waals surface area contributed by atoms with Crippen LogP contribution in [0.15, 0.2) is 21.6 Å². The summed E-state index contributed by atoms with van der Waals surface area (Å²) in [6.07, 6.45) is 3.92. The first-order valence-electron chi connectivity index (χ1n) is 7.49. The Morgan fingerprint density at radius 3 is 2.67 bits per heavy atom. The smallest absolute Gasteiger partial charge is 0.273 e. The van der Waals surface area contributed by atoms with Crippen LogP contribution in [0, 0.1) is 0 Å². The Bertz CT molecular complexity index is 535. The minimum absolute atomic E-state index is 0.0366. The van der Waals surface area contributed by atoms with Crippen LogP contribution < -0.4 is 10.0 Å². The first-order chi connectivity index (χ1) is 10.0. The molecule has 2 N–H and O–H groups in total. The molecule has 1 atom stereocenters. The zero-order valence-corrected chi connectivity index (χ0v) is 13.6. The highest BCUT2D eigenvalue weighted by Gasteiger charge is 2.17. The van der Waals surface area contributed by atoms with Crippen molar-refractivity contribution in [1.82, 2.24) is 14.9 Å². The second-order valence-corrected chi connectivity index (χ2v) is 7.39. The van der Waals surface area contributed by atoms with E-state index in [2.05, 4.69) is 21.9 Å². The molecule has 2 heterocycles. The summed E-state index contributed by atoms with van der Waals surface area (Å²) in [7, 11) is -2.12. The first-order valence-corrected chi connectivity index (χ1v) is 8.97. The highest BCUT2D eigenvalue weighted by atomic mass is 32.2. The molecule has 7 heteroatoms. The second kappa shape index (κ2) is 7.40. The van der Waals surface area contributed by atoms with Crippen LogP contribution in [0.25, 0.3) is 0 Å². The highest BCUT2D eigenvalue weighted by molar-refractivity contribution is 7.89. The molecule has 2 rings (SSSR count). The maximum Gasteiger partial charge on any atom is 0.273 e. The van der Waals surface area contributed by atoms with Gasteiger partial charge in [0.05, 0.1) is 6.54 Å². The minimum atomic E-state index is -3.49. The number of nitrogens with one attached hydrogen (secondary N) is 2. The van der Waals surface area contributed by atoms with Crippen molar-refractivity contribution in [3.8, 4) is 0 Å². The van der Waals surface area contributed by atoms with Gasteiger partial charge in [0, 0.05) is 12.6 Å². The molecule has 1 aromatic heterocycles. The molecule has 0 radical (unpaired) electrons. The van der Waals surface area contributed by atoms with Gasteiger partial charge in [0.15, 0.2) is 0 Å². The van der Waals surface area contributed by atoms with Gasteiger partial charge in [0.25, 0.3) is 10.0 Å². The Balaban J connectivity index is 1.80. The third kappa shape index (κ3) is 4.81. The van der Waals surface area contributed by atoms with Crippen LogP contribution in [0.1, 0.15) is 31.9 Å². The Morgan fingerprint density at radius 1 is 1.29 bits per heavy atom. The molecule has 0 bridgehead atoms. The molecule has 0 spiro atoms. The first kappa shape index (κ1) is 16.5. The molecule has 0 saturated carbocycles. The van der Waals surface area contributed by atoms with Gasteiger partial charge in [-0.3, -0.25) is 0 Å². The molecule has 21 heavy (non-hydrogen) atoms. The van der Waals surface area contributed by atoms with Crippen molar-refractivity contribution in [3.63, 3.8) is 0 Å². The summed E-state index contributed by atoms with van der Waals surface area (Å²) in [5.41, 5.74) is 0. The van der Waals surface area contributed by atoms with Crippen LogP contribution in [-0.2, 0) is 16.6 Å². The Labute approximate surface area is 126 Å². The number of nitrogens with zero attached hydrogens (tertiary/aromatic N) is 1. The Morgan fingerprint density at radius 2 is 2.00 bits per heavy atom. The Kier molecular flexibility index (Phi) is 5.80. The van der Waals surface area contributed by atoms with Crippen molar-refractivity contribution < 1.29 is 12.8 Å². The quantitative estimate of drug-likeness (QED) is 0.789. The van der Waals surface area contributed by atoms with Crippen molar-refractivity contribution in [2.24, 2.45) is 0 Å². The summed E-state index contributed by atoms with van der Waals surface area (Å²) in [6.45, 7) is 6.05. The van der Waals surface area contributed by atoms with Gasteiger partial charge in [-0.25, -0.2) is 13.1 Å². The van der Waals surface area contributed by atoms with Crippen molar-refractivity contribution >= 4 is 10.0 Å². The van der Waals surface area contributed by atoms with E-state index in [1.54, 1.807) is 6.07 Å². The van der Waals surface area contributed by atoms with E-state index in [0.717, 1.165) is 6.54 Å². The van der Waals surface area contributed by atoms with Crippen LogP contribution in [0.4, 0.5) is 0 Å². The largest absolute Gasteiger partial charge is 0.447 e. The predicted octanol–water partition coefficient (Wildman–Crippen LogP) is 1.15. The van der Waals surface area contributed by atoms with Gasteiger partial charge in [0.2, 0.25) is 5.09 Å². The zero-order valence-electron chi connectivity index (χ0n) is 12.8. The Hall–Kier alpha value is -0.890. The average Bonchev–Trinajstić information content (AvgIpc) is 2.96. The van der Waals surface area contributed by atoms with Crippen molar-refractivity contribution in [2.45, 2.75) is 43.9 Å². The molecule has 1 aliphatic heterocycles. The van der Waals surface area contributed by atoms with Crippen LogP contribution >= 0.6 is 0 Å². The van der Waals surface area contributed by atoms with Gasteiger partial charge in [-0.1, -0.05) is 6.42 Å². The molecule has 0 aliphatic carbocycles. The van der Waals surface area contributed by atoms with Gasteiger partial charge < -0.3 is 14.6 Å². The van der Waals surface area contributed by atoms with E-state index < -0.39 is 10.0 Å². The molecule has 1 fully saturated rings. The summed E-state index contributed by atoms with van der Waals surface area (Å²) < 4.78 is 30.8. The van der Waals surface area contributed by atoms with E-state index in [9.17, 15) is 8.42 Å². The van der Waals surface area contributed by atoms with E-state index in [-0.39, 0.29) is 5.09 Å². The molecule has 0 amide bonds.